The summed E-state index contributed by atoms with van der Waals surface area (Å²) in [7, 11) is 1.86. The van der Waals surface area contributed by atoms with Crippen LogP contribution in [0.5, 0.6) is 0 Å². The molecule has 0 bridgehead atoms. The number of nitrogens with two attached hydrogens (primary N) is 1. The van der Waals surface area contributed by atoms with Crippen molar-refractivity contribution in [3.05, 3.63) is 53.6 Å². The summed E-state index contributed by atoms with van der Waals surface area (Å²) in [5.41, 5.74) is 5.98. The molecule has 0 fully saturated rings. The summed E-state index contributed by atoms with van der Waals surface area (Å²) < 4.78 is 1.83. The Labute approximate surface area is 110 Å². The highest BCUT2D eigenvalue weighted by Gasteiger charge is 2.08. The highest BCUT2D eigenvalue weighted by Crippen LogP contribution is 2.04. The summed E-state index contributed by atoms with van der Waals surface area (Å²) in [4.78, 5) is 26.9. The fourth-order valence-corrected chi connectivity index (χ4v) is 1.61. The van der Waals surface area contributed by atoms with Crippen molar-refractivity contribution in [2.24, 2.45) is 12.8 Å². The van der Waals surface area contributed by atoms with Crippen molar-refractivity contribution in [2.45, 2.75) is 6.54 Å². The zero-order valence-electron chi connectivity index (χ0n) is 10.5. The number of benzene rings is 1. The smallest absolute Gasteiger partial charge is 0.251 e. The third kappa shape index (κ3) is 2.98. The van der Waals surface area contributed by atoms with Gasteiger partial charge in [0.05, 0.1) is 6.54 Å². The Hall–Kier alpha value is -2.63. The Morgan fingerprint density at radius 2 is 1.89 bits per heavy atom. The maximum absolute atomic E-state index is 11.9. The summed E-state index contributed by atoms with van der Waals surface area (Å²) in [5, 5.41) is 2.75. The third-order valence-electron chi connectivity index (χ3n) is 2.76. The van der Waals surface area contributed by atoms with Crippen molar-refractivity contribution in [3.63, 3.8) is 0 Å². The van der Waals surface area contributed by atoms with E-state index in [-0.39, 0.29) is 5.91 Å². The second-order valence-corrected chi connectivity index (χ2v) is 4.08. The zero-order chi connectivity index (χ0) is 13.8. The monoisotopic (exact) mass is 258 g/mol. The molecule has 2 aromatic rings. The molecule has 1 aromatic heterocycles. The summed E-state index contributed by atoms with van der Waals surface area (Å²) in [5.74, 6) is 0.0288. The van der Waals surface area contributed by atoms with Gasteiger partial charge in [-0.05, 0) is 24.3 Å². The van der Waals surface area contributed by atoms with Gasteiger partial charge in [0.25, 0.3) is 5.91 Å². The van der Waals surface area contributed by atoms with Gasteiger partial charge >= 0.3 is 0 Å². The first-order chi connectivity index (χ1) is 9.08. The second kappa shape index (κ2) is 5.34. The lowest BCUT2D eigenvalue weighted by molar-refractivity contribution is 0.0947. The number of hydrogen-bond acceptors (Lipinski definition) is 3. The fourth-order valence-electron chi connectivity index (χ4n) is 1.61. The van der Waals surface area contributed by atoms with Crippen LogP contribution in [0.4, 0.5) is 0 Å². The molecule has 0 spiro atoms. The molecule has 0 aliphatic rings. The molecule has 1 aromatic carbocycles. The highest BCUT2D eigenvalue weighted by atomic mass is 16.2. The molecule has 2 amide bonds. The number of aromatic nitrogens is 2. The number of primary amides is 1. The predicted octanol–water partition coefficient (Wildman–Crippen LogP) is 0.449. The van der Waals surface area contributed by atoms with E-state index in [4.69, 9.17) is 5.73 Å². The number of aryl methyl sites for hydroxylation is 1. The molecule has 98 valence electrons. The van der Waals surface area contributed by atoms with Crippen molar-refractivity contribution >= 4 is 11.8 Å². The van der Waals surface area contributed by atoms with Crippen LogP contribution in [-0.2, 0) is 13.6 Å². The molecule has 6 heteroatoms. The number of carbonyl (C=O) groups is 2. The summed E-state index contributed by atoms with van der Waals surface area (Å²) >= 11 is 0. The lowest BCUT2D eigenvalue weighted by atomic mass is 10.1. The summed E-state index contributed by atoms with van der Waals surface area (Å²) in [6, 6.07) is 6.18. The number of hydrogen-bond donors (Lipinski definition) is 2. The second-order valence-electron chi connectivity index (χ2n) is 4.08. The molecule has 0 atom stereocenters. The predicted molar refractivity (Wildman–Crippen MR) is 69.3 cm³/mol. The molecule has 0 unspecified atom stereocenters. The average molecular weight is 258 g/mol. The largest absolute Gasteiger partial charge is 0.366 e. The Morgan fingerprint density at radius 3 is 2.42 bits per heavy atom. The van der Waals surface area contributed by atoms with Gasteiger partial charge in [0.1, 0.15) is 5.82 Å². The van der Waals surface area contributed by atoms with Gasteiger partial charge in [-0.25, -0.2) is 4.98 Å². The molecule has 0 saturated carbocycles. The van der Waals surface area contributed by atoms with E-state index in [0.29, 0.717) is 17.7 Å². The van der Waals surface area contributed by atoms with Crippen LogP contribution in [0.15, 0.2) is 36.7 Å². The van der Waals surface area contributed by atoms with Gasteiger partial charge in [0.2, 0.25) is 5.91 Å². The van der Waals surface area contributed by atoms with Crippen LogP contribution in [0.1, 0.15) is 26.5 Å². The van der Waals surface area contributed by atoms with Gasteiger partial charge in [-0.2, -0.15) is 0 Å². The molecule has 0 aliphatic carbocycles. The number of rotatable bonds is 4. The molecule has 3 N–H and O–H groups in total. The van der Waals surface area contributed by atoms with Gasteiger partial charge < -0.3 is 15.6 Å². The van der Waals surface area contributed by atoms with Gasteiger partial charge in [0, 0.05) is 30.6 Å². The number of carbonyl (C=O) groups excluding carboxylic acids is 2. The fraction of sp³-hybridized carbons (Fsp3) is 0.154. The Balaban J connectivity index is 2.00. The molecule has 2 rings (SSSR count). The molecule has 0 aliphatic heterocycles. The first-order valence-electron chi connectivity index (χ1n) is 5.72. The lowest BCUT2D eigenvalue weighted by Crippen LogP contribution is -2.24. The Morgan fingerprint density at radius 1 is 1.26 bits per heavy atom. The SMILES string of the molecule is Cn1ccnc1CNC(=O)c1ccc(C(N)=O)cc1. The van der Waals surface area contributed by atoms with E-state index in [1.807, 2.05) is 17.8 Å². The van der Waals surface area contributed by atoms with E-state index in [0.717, 1.165) is 5.82 Å². The molecular formula is C13H14N4O2. The van der Waals surface area contributed by atoms with E-state index < -0.39 is 5.91 Å². The van der Waals surface area contributed by atoms with Crippen molar-refractivity contribution in [3.8, 4) is 0 Å². The standard InChI is InChI=1S/C13H14N4O2/c1-17-7-6-15-11(17)8-16-13(19)10-4-2-9(3-5-10)12(14)18/h2-7H,8H2,1H3,(H2,14,18)(H,16,19). The van der Waals surface area contributed by atoms with Crippen LogP contribution in [0.3, 0.4) is 0 Å². The van der Waals surface area contributed by atoms with Gasteiger partial charge in [-0.3, -0.25) is 9.59 Å². The summed E-state index contributed by atoms with van der Waals surface area (Å²) in [6.45, 7) is 0.347. The number of amides is 2. The van der Waals surface area contributed by atoms with Crippen LogP contribution >= 0.6 is 0 Å². The minimum atomic E-state index is -0.514. The summed E-state index contributed by atoms with van der Waals surface area (Å²) in [6.07, 6.45) is 3.48. The molecule has 0 saturated heterocycles. The van der Waals surface area contributed by atoms with Crippen LogP contribution in [0.25, 0.3) is 0 Å². The average Bonchev–Trinajstić information content (AvgIpc) is 2.81. The molecule has 0 radical (unpaired) electrons. The van der Waals surface area contributed by atoms with Crippen LogP contribution in [-0.4, -0.2) is 21.4 Å². The van der Waals surface area contributed by atoms with Crippen molar-refractivity contribution < 1.29 is 9.59 Å². The third-order valence-corrected chi connectivity index (χ3v) is 2.76. The number of nitrogens with one attached hydrogen (secondary N) is 1. The van der Waals surface area contributed by atoms with Crippen LogP contribution in [0, 0.1) is 0 Å². The normalized spacial score (nSPS) is 10.2. The van der Waals surface area contributed by atoms with Crippen LogP contribution in [0.2, 0.25) is 0 Å². The van der Waals surface area contributed by atoms with Crippen molar-refractivity contribution in [2.75, 3.05) is 0 Å². The Kier molecular flexibility index (Phi) is 3.61. The van der Waals surface area contributed by atoms with E-state index in [9.17, 15) is 9.59 Å². The minimum Gasteiger partial charge on any atom is -0.366 e. The zero-order valence-corrected chi connectivity index (χ0v) is 10.5. The topological polar surface area (TPSA) is 90.0 Å². The van der Waals surface area contributed by atoms with E-state index in [1.54, 1.807) is 18.3 Å². The first-order valence-corrected chi connectivity index (χ1v) is 5.72. The van der Waals surface area contributed by atoms with Crippen molar-refractivity contribution in [1.82, 2.24) is 14.9 Å². The first kappa shape index (κ1) is 12.8. The Bertz CT molecular complexity index is 601. The van der Waals surface area contributed by atoms with Gasteiger partial charge in [-0.1, -0.05) is 0 Å². The molecule has 6 nitrogen and oxygen atoms in total. The van der Waals surface area contributed by atoms with Crippen LogP contribution < -0.4 is 11.1 Å². The van der Waals surface area contributed by atoms with Gasteiger partial charge in [-0.15, -0.1) is 0 Å². The van der Waals surface area contributed by atoms with E-state index >= 15 is 0 Å². The minimum absolute atomic E-state index is 0.223. The molecule has 19 heavy (non-hydrogen) atoms. The van der Waals surface area contributed by atoms with Crippen molar-refractivity contribution in [1.29, 1.82) is 0 Å². The number of nitrogens with zero attached hydrogens (tertiary/aromatic N) is 2. The lowest BCUT2D eigenvalue weighted by Gasteiger charge is -2.05. The highest BCUT2D eigenvalue weighted by molar-refractivity contribution is 5.97. The van der Waals surface area contributed by atoms with Gasteiger partial charge in [0.15, 0.2) is 0 Å². The molecule has 1 heterocycles. The van der Waals surface area contributed by atoms with E-state index in [1.165, 1.54) is 12.1 Å². The van der Waals surface area contributed by atoms with E-state index in [2.05, 4.69) is 10.3 Å². The quantitative estimate of drug-likeness (QED) is 0.834. The number of imidazole rings is 1. The maximum atomic E-state index is 11.9. The molecular weight excluding hydrogens is 244 g/mol. The maximum Gasteiger partial charge on any atom is 0.251 e.